The molecule has 0 bridgehead atoms. The van der Waals surface area contributed by atoms with Crippen molar-refractivity contribution in [3.05, 3.63) is 21.4 Å². The third-order valence-corrected chi connectivity index (χ3v) is 6.05. The van der Waals surface area contributed by atoms with Crippen LogP contribution >= 0.6 is 22.9 Å². The van der Waals surface area contributed by atoms with E-state index in [2.05, 4.69) is 11.4 Å². The summed E-state index contributed by atoms with van der Waals surface area (Å²) in [5.41, 5.74) is 1.08. The first kappa shape index (κ1) is 14.4. The van der Waals surface area contributed by atoms with Crippen LogP contribution in [0.25, 0.3) is 0 Å². The molecule has 1 fully saturated rings. The Morgan fingerprint density at radius 2 is 2.10 bits per heavy atom. The van der Waals surface area contributed by atoms with E-state index in [1.165, 1.54) is 23.3 Å². The molecule has 2 heterocycles. The molecule has 1 aromatic rings. The number of ether oxygens (including phenoxy) is 1. The van der Waals surface area contributed by atoms with E-state index >= 15 is 0 Å². The van der Waals surface area contributed by atoms with E-state index in [4.69, 9.17) is 16.3 Å². The molecule has 0 spiro atoms. The SMILES string of the molecule is O=C(NC1(CCl)CCOCC1)c1cc2c(s1)CCCC2. The molecule has 0 radical (unpaired) electrons. The van der Waals surface area contributed by atoms with Crippen LogP contribution in [0.1, 0.15) is 45.8 Å². The number of halogens is 1. The van der Waals surface area contributed by atoms with Crippen molar-refractivity contribution in [2.24, 2.45) is 0 Å². The molecule has 1 amide bonds. The molecule has 2 aliphatic rings. The standard InChI is InChI=1S/C15H20ClNO2S/c16-10-15(5-7-19-8-6-15)17-14(18)13-9-11-3-1-2-4-12(11)20-13/h9H,1-8,10H2,(H,17,18). The zero-order valence-electron chi connectivity index (χ0n) is 11.5. The van der Waals surface area contributed by atoms with Crippen molar-refractivity contribution in [3.8, 4) is 0 Å². The molecule has 1 aromatic heterocycles. The molecule has 110 valence electrons. The fourth-order valence-electron chi connectivity index (χ4n) is 2.96. The minimum Gasteiger partial charge on any atom is -0.381 e. The lowest BCUT2D eigenvalue weighted by atomic mass is 9.92. The van der Waals surface area contributed by atoms with Gasteiger partial charge in [-0.1, -0.05) is 0 Å². The van der Waals surface area contributed by atoms with E-state index in [9.17, 15) is 4.79 Å². The van der Waals surface area contributed by atoms with Crippen molar-refractivity contribution >= 4 is 28.8 Å². The molecule has 0 unspecified atom stereocenters. The number of rotatable bonds is 3. The van der Waals surface area contributed by atoms with Gasteiger partial charge in [0.2, 0.25) is 0 Å². The molecule has 1 N–H and O–H groups in total. The van der Waals surface area contributed by atoms with Crippen molar-refractivity contribution in [3.63, 3.8) is 0 Å². The molecule has 3 nitrogen and oxygen atoms in total. The van der Waals surface area contributed by atoms with Crippen LogP contribution in [0.2, 0.25) is 0 Å². The maximum atomic E-state index is 12.5. The summed E-state index contributed by atoms with van der Waals surface area (Å²) in [6.45, 7) is 1.35. The lowest BCUT2D eigenvalue weighted by molar-refractivity contribution is 0.0435. The Hall–Kier alpha value is -0.580. The summed E-state index contributed by atoms with van der Waals surface area (Å²) in [6, 6.07) is 2.08. The van der Waals surface area contributed by atoms with E-state index in [1.54, 1.807) is 11.3 Å². The van der Waals surface area contributed by atoms with Crippen LogP contribution in [0.4, 0.5) is 0 Å². The predicted molar refractivity (Wildman–Crippen MR) is 81.9 cm³/mol. The quantitative estimate of drug-likeness (QED) is 0.871. The van der Waals surface area contributed by atoms with Gasteiger partial charge in [0.05, 0.1) is 10.4 Å². The summed E-state index contributed by atoms with van der Waals surface area (Å²) in [4.78, 5) is 14.7. The molecule has 3 rings (SSSR count). The minimum atomic E-state index is -0.290. The maximum absolute atomic E-state index is 12.5. The Balaban J connectivity index is 1.73. The third-order valence-electron chi connectivity index (χ3n) is 4.30. The van der Waals surface area contributed by atoms with Gasteiger partial charge in [-0.3, -0.25) is 4.79 Å². The summed E-state index contributed by atoms with van der Waals surface area (Å²) in [5, 5.41) is 3.17. The molecule has 0 saturated carbocycles. The Labute approximate surface area is 128 Å². The number of hydrogen-bond acceptors (Lipinski definition) is 3. The van der Waals surface area contributed by atoms with Crippen LogP contribution in [0.15, 0.2) is 6.07 Å². The van der Waals surface area contributed by atoms with Gasteiger partial charge in [-0.25, -0.2) is 0 Å². The topological polar surface area (TPSA) is 38.3 Å². The molecule has 1 aliphatic carbocycles. The van der Waals surface area contributed by atoms with Crippen LogP contribution in [0.5, 0.6) is 0 Å². The largest absolute Gasteiger partial charge is 0.381 e. The lowest BCUT2D eigenvalue weighted by Gasteiger charge is -2.36. The van der Waals surface area contributed by atoms with Crippen molar-refractivity contribution in [2.45, 2.75) is 44.1 Å². The summed E-state index contributed by atoms with van der Waals surface area (Å²) in [7, 11) is 0. The van der Waals surface area contributed by atoms with E-state index in [0.717, 1.165) is 30.6 Å². The highest BCUT2D eigenvalue weighted by atomic mass is 35.5. The number of carbonyl (C=O) groups excluding carboxylic acids is 1. The van der Waals surface area contributed by atoms with Gasteiger partial charge in [0.25, 0.3) is 5.91 Å². The van der Waals surface area contributed by atoms with Crippen LogP contribution in [-0.4, -0.2) is 30.5 Å². The summed E-state index contributed by atoms with van der Waals surface area (Å²) in [6.07, 6.45) is 6.33. The number of thiophene rings is 1. The highest BCUT2D eigenvalue weighted by Crippen LogP contribution is 2.30. The summed E-state index contributed by atoms with van der Waals surface area (Å²) < 4.78 is 5.37. The van der Waals surface area contributed by atoms with E-state index < -0.39 is 0 Å². The molecule has 1 aliphatic heterocycles. The average Bonchev–Trinajstić information content (AvgIpc) is 2.92. The Morgan fingerprint density at radius 1 is 1.35 bits per heavy atom. The van der Waals surface area contributed by atoms with Gasteiger partial charge in [0, 0.05) is 24.0 Å². The zero-order chi connectivity index (χ0) is 14.0. The number of carbonyl (C=O) groups is 1. The monoisotopic (exact) mass is 313 g/mol. The van der Waals surface area contributed by atoms with Crippen molar-refractivity contribution in [1.29, 1.82) is 0 Å². The van der Waals surface area contributed by atoms with E-state index in [1.807, 2.05) is 0 Å². The second-order valence-electron chi connectivity index (χ2n) is 5.75. The molecule has 20 heavy (non-hydrogen) atoms. The molecular formula is C15H20ClNO2S. The summed E-state index contributed by atoms with van der Waals surface area (Å²) >= 11 is 7.76. The van der Waals surface area contributed by atoms with Crippen LogP contribution in [-0.2, 0) is 17.6 Å². The van der Waals surface area contributed by atoms with Gasteiger partial charge in [0.15, 0.2) is 0 Å². The number of aryl methyl sites for hydroxylation is 2. The zero-order valence-corrected chi connectivity index (χ0v) is 13.1. The van der Waals surface area contributed by atoms with Crippen LogP contribution in [0, 0.1) is 0 Å². The number of fused-ring (bicyclic) bond motifs is 1. The lowest BCUT2D eigenvalue weighted by Crippen LogP contribution is -2.53. The first-order valence-corrected chi connectivity index (χ1v) is 8.65. The predicted octanol–water partition coefficient (Wildman–Crippen LogP) is 3.14. The normalized spacial score (nSPS) is 21.2. The first-order chi connectivity index (χ1) is 9.72. The number of amides is 1. The molecule has 1 saturated heterocycles. The second kappa shape index (κ2) is 6.04. The van der Waals surface area contributed by atoms with Gasteiger partial charge >= 0.3 is 0 Å². The fourth-order valence-corrected chi connectivity index (χ4v) is 4.44. The van der Waals surface area contributed by atoms with Crippen molar-refractivity contribution in [1.82, 2.24) is 5.32 Å². The second-order valence-corrected chi connectivity index (χ2v) is 7.15. The van der Waals surface area contributed by atoms with Gasteiger partial charge in [0.1, 0.15) is 0 Å². The smallest absolute Gasteiger partial charge is 0.261 e. The first-order valence-electron chi connectivity index (χ1n) is 7.30. The van der Waals surface area contributed by atoms with Gasteiger partial charge in [-0.2, -0.15) is 0 Å². The Morgan fingerprint density at radius 3 is 2.80 bits per heavy atom. The average molecular weight is 314 g/mol. The Kier molecular flexibility index (Phi) is 4.34. The Bertz CT molecular complexity index is 471. The third kappa shape index (κ3) is 2.87. The van der Waals surface area contributed by atoms with Gasteiger partial charge in [-0.05, 0) is 50.2 Å². The summed E-state index contributed by atoms with van der Waals surface area (Å²) in [5.74, 6) is 0.486. The minimum absolute atomic E-state index is 0.0342. The van der Waals surface area contributed by atoms with E-state index in [0.29, 0.717) is 19.1 Å². The van der Waals surface area contributed by atoms with Crippen LogP contribution < -0.4 is 5.32 Å². The molecular weight excluding hydrogens is 294 g/mol. The number of nitrogens with one attached hydrogen (secondary N) is 1. The molecule has 5 heteroatoms. The number of hydrogen-bond donors (Lipinski definition) is 1. The van der Waals surface area contributed by atoms with Crippen LogP contribution in [0.3, 0.4) is 0 Å². The van der Waals surface area contributed by atoms with E-state index in [-0.39, 0.29) is 11.4 Å². The van der Waals surface area contributed by atoms with Crippen molar-refractivity contribution < 1.29 is 9.53 Å². The highest BCUT2D eigenvalue weighted by Gasteiger charge is 2.34. The maximum Gasteiger partial charge on any atom is 0.261 e. The molecule has 0 aromatic carbocycles. The number of alkyl halides is 1. The fraction of sp³-hybridized carbons (Fsp3) is 0.667. The van der Waals surface area contributed by atoms with Gasteiger partial charge < -0.3 is 10.1 Å². The highest BCUT2D eigenvalue weighted by molar-refractivity contribution is 7.14. The molecule has 0 atom stereocenters. The van der Waals surface area contributed by atoms with Gasteiger partial charge in [-0.15, -0.1) is 22.9 Å². The van der Waals surface area contributed by atoms with Crippen molar-refractivity contribution in [2.75, 3.05) is 19.1 Å².